The maximum Gasteiger partial charge on any atom is 0.405 e. The normalized spacial score (nSPS) is 10.1. The van der Waals surface area contributed by atoms with Crippen molar-refractivity contribution in [1.29, 1.82) is 0 Å². The second-order valence-corrected chi connectivity index (χ2v) is 3.05. The molecule has 1 aromatic rings. The molecule has 0 atom stereocenters. The first-order valence-corrected chi connectivity index (χ1v) is 4.61. The highest BCUT2D eigenvalue weighted by molar-refractivity contribution is 5.66. The van der Waals surface area contributed by atoms with Crippen LogP contribution in [0.3, 0.4) is 0 Å². The monoisotopic (exact) mass is 192 g/mol. The molecule has 0 heterocycles. The van der Waals surface area contributed by atoms with Crippen molar-refractivity contribution in [2.75, 3.05) is 0 Å². The fourth-order valence-corrected chi connectivity index (χ4v) is 1.25. The summed E-state index contributed by atoms with van der Waals surface area (Å²) in [5.41, 5.74) is 1.12. The van der Waals surface area contributed by atoms with Gasteiger partial charge in [-0.05, 0) is 18.4 Å². The minimum atomic E-state index is -0.988. The Morgan fingerprint density at radius 1 is 1.36 bits per heavy atom. The summed E-state index contributed by atoms with van der Waals surface area (Å²) in [5, 5.41) is 11.0. The summed E-state index contributed by atoms with van der Waals surface area (Å²) >= 11 is 0. The van der Waals surface area contributed by atoms with Crippen molar-refractivity contribution in [2.45, 2.75) is 19.8 Å². The average molecular weight is 192 g/mol. The molecule has 1 aromatic carbocycles. The zero-order valence-corrected chi connectivity index (χ0v) is 8.16. The Kier molecular flexibility index (Phi) is 3.98. The maximum atomic E-state index is 10.4. The molecular formula is C11H14NO2. The largest absolute Gasteiger partial charge is 0.465 e. The van der Waals surface area contributed by atoms with Crippen molar-refractivity contribution in [3.63, 3.8) is 0 Å². The Hall–Kier alpha value is -1.51. The van der Waals surface area contributed by atoms with Gasteiger partial charge in [0.15, 0.2) is 0 Å². The molecule has 0 bridgehead atoms. The number of carboxylic acid groups (broad SMARTS) is 1. The van der Waals surface area contributed by atoms with Crippen LogP contribution in [0.2, 0.25) is 0 Å². The lowest BCUT2D eigenvalue weighted by Crippen LogP contribution is -2.27. The Balaban J connectivity index is 2.53. The van der Waals surface area contributed by atoms with Gasteiger partial charge in [-0.15, -0.1) is 0 Å². The highest BCUT2D eigenvalue weighted by Crippen LogP contribution is 2.10. The first-order chi connectivity index (χ1) is 6.72. The molecule has 1 rings (SSSR count). The molecule has 0 aliphatic rings. The third kappa shape index (κ3) is 3.47. The van der Waals surface area contributed by atoms with Crippen molar-refractivity contribution < 1.29 is 9.90 Å². The molecule has 0 aromatic heterocycles. The Morgan fingerprint density at radius 3 is 2.50 bits per heavy atom. The highest BCUT2D eigenvalue weighted by Gasteiger charge is 2.10. The van der Waals surface area contributed by atoms with Gasteiger partial charge in [-0.25, -0.2) is 4.79 Å². The number of carbonyl (C=O) groups is 1. The third-order valence-electron chi connectivity index (χ3n) is 1.97. The van der Waals surface area contributed by atoms with Gasteiger partial charge < -0.3 is 10.4 Å². The van der Waals surface area contributed by atoms with Crippen molar-refractivity contribution >= 4 is 6.09 Å². The lowest BCUT2D eigenvalue weighted by atomic mass is 10.0. The van der Waals surface area contributed by atoms with Gasteiger partial charge in [0.2, 0.25) is 0 Å². The molecule has 0 saturated heterocycles. The number of benzene rings is 1. The molecule has 0 aliphatic carbocycles. The fourth-order valence-electron chi connectivity index (χ4n) is 1.25. The van der Waals surface area contributed by atoms with Gasteiger partial charge in [0.05, 0.1) is 6.04 Å². The molecule has 0 saturated carbocycles. The molecule has 14 heavy (non-hydrogen) atoms. The third-order valence-corrected chi connectivity index (χ3v) is 1.97. The molecule has 2 N–H and O–H groups in total. The van der Waals surface area contributed by atoms with E-state index in [1.165, 1.54) is 0 Å². The van der Waals surface area contributed by atoms with E-state index < -0.39 is 6.09 Å². The molecule has 0 aliphatic heterocycles. The topological polar surface area (TPSA) is 49.3 Å². The highest BCUT2D eigenvalue weighted by atomic mass is 16.4. The number of nitrogens with one attached hydrogen (secondary N) is 1. The Bertz CT molecular complexity index is 285. The van der Waals surface area contributed by atoms with E-state index in [9.17, 15) is 4.79 Å². The van der Waals surface area contributed by atoms with Crippen LogP contribution in [0.5, 0.6) is 0 Å². The minimum Gasteiger partial charge on any atom is -0.465 e. The van der Waals surface area contributed by atoms with Crippen molar-refractivity contribution in [1.82, 2.24) is 5.32 Å². The van der Waals surface area contributed by atoms with E-state index in [1.54, 1.807) is 0 Å². The number of hydrogen-bond acceptors (Lipinski definition) is 1. The van der Waals surface area contributed by atoms with Crippen molar-refractivity contribution in [3.8, 4) is 0 Å². The van der Waals surface area contributed by atoms with Crippen LogP contribution >= 0.6 is 0 Å². The Morgan fingerprint density at radius 2 is 2.00 bits per heavy atom. The number of amides is 1. The van der Waals surface area contributed by atoms with E-state index in [4.69, 9.17) is 5.11 Å². The molecule has 1 amide bonds. The fraction of sp³-hybridized carbons (Fsp3) is 0.273. The lowest BCUT2D eigenvalue weighted by molar-refractivity contribution is 0.194. The summed E-state index contributed by atoms with van der Waals surface area (Å²) in [4.78, 5) is 10.4. The molecule has 1 radical (unpaired) electrons. The average Bonchev–Trinajstić information content (AvgIpc) is 2.17. The quantitative estimate of drug-likeness (QED) is 0.769. The van der Waals surface area contributed by atoms with Gasteiger partial charge >= 0.3 is 6.09 Å². The van der Waals surface area contributed by atoms with Crippen molar-refractivity contribution in [3.05, 3.63) is 41.9 Å². The predicted octanol–water partition coefficient (Wildman–Crippen LogP) is 2.44. The van der Waals surface area contributed by atoms with E-state index in [1.807, 2.05) is 37.3 Å². The van der Waals surface area contributed by atoms with Crippen molar-refractivity contribution in [2.24, 2.45) is 0 Å². The first kappa shape index (κ1) is 10.6. The molecule has 3 heteroatoms. The summed E-state index contributed by atoms with van der Waals surface area (Å²) in [6.07, 6.45) is 0.406. The van der Waals surface area contributed by atoms with Crippen LogP contribution in [0.15, 0.2) is 30.3 Å². The second-order valence-electron chi connectivity index (χ2n) is 3.05. The summed E-state index contributed by atoms with van der Waals surface area (Å²) in [7, 11) is 0. The molecule has 3 nitrogen and oxygen atoms in total. The van der Waals surface area contributed by atoms with E-state index in [2.05, 4.69) is 5.32 Å². The van der Waals surface area contributed by atoms with E-state index in [0.717, 1.165) is 18.0 Å². The first-order valence-electron chi connectivity index (χ1n) is 4.61. The smallest absolute Gasteiger partial charge is 0.405 e. The zero-order valence-electron chi connectivity index (χ0n) is 8.16. The molecule has 0 spiro atoms. The van der Waals surface area contributed by atoms with Gasteiger partial charge in [0, 0.05) is 0 Å². The van der Waals surface area contributed by atoms with Gasteiger partial charge in [-0.3, -0.25) is 0 Å². The van der Waals surface area contributed by atoms with Crippen LogP contribution in [0.4, 0.5) is 4.79 Å². The van der Waals surface area contributed by atoms with Crippen LogP contribution in [0.1, 0.15) is 18.9 Å². The second kappa shape index (κ2) is 5.27. The number of rotatable bonds is 4. The maximum absolute atomic E-state index is 10.4. The van der Waals surface area contributed by atoms with Gasteiger partial charge in [-0.2, -0.15) is 0 Å². The van der Waals surface area contributed by atoms with Gasteiger partial charge in [-0.1, -0.05) is 37.3 Å². The number of hydrogen-bond donors (Lipinski definition) is 2. The molecule has 0 unspecified atom stereocenters. The summed E-state index contributed by atoms with van der Waals surface area (Å²) in [5.74, 6) is 0. The van der Waals surface area contributed by atoms with E-state index >= 15 is 0 Å². The Labute approximate surface area is 83.8 Å². The van der Waals surface area contributed by atoms with Crippen LogP contribution in [0.25, 0.3) is 0 Å². The zero-order chi connectivity index (χ0) is 10.4. The molecule has 75 valence electrons. The van der Waals surface area contributed by atoms with Crippen LogP contribution in [-0.4, -0.2) is 11.2 Å². The SMILES string of the molecule is CC[C](Cc1ccccc1)NC(=O)O. The van der Waals surface area contributed by atoms with Gasteiger partial charge in [0.1, 0.15) is 0 Å². The van der Waals surface area contributed by atoms with Crippen LogP contribution < -0.4 is 5.32 Å². The van der Waals surface area contributed by atoms with Gasteiger partial charge in [0.25, 0.3) is 0 Å². The van der Waals surface area contributed by atoms with E-state index in [-0.39, 0.29) is 0 Å². The molecule has 0 fully saturated rings. The lowest BCUT2D eigenvalue weighted by Gasteiger charge is -2.13. The molecular weight excluding hydrogens is 178 g/mol. The summed E-state index contributed by atoms with van der Waals surface area (Å²) < 4.78 is 0. The minimum absolute atomic E-state index is 0.670. The summed E-state index contributed by atoms with van der Waals surface area (Å²) in [6.45, 7) is 1.94. The standard InChI is InChI=1S/C11H14NO2/c1-2-10(12-11(13)14)8-9-6-4-3-5-7-9/h3-7,12H,2,8H2,1H3,(H,13,14). The predicted molar refractivity (Wildman–Crippen MR) is 54.8 cm³/mol. The van der Waals surface area contributed by atoms with Crippen LogP contribution in [-0.2, 0) is 6.42 Å². The van der Waals surface area contributed by atoms with Crippen LogP contribution in [0, 0.1) is 6.04 Å². The summed E-state index contributed by atoms with van der Waals surface area (Å²) in [6, 6.07) is 10.6. The van der Waals surface area contributed by atoms with E-state index in [0.29, 0.717) is 6.42 Å².